The molecule has 5 heteroatoms. The zero-order valence-corrected chi connectivity index (χ0v) is 13.4. The highest BCUT2D eigenvalue weighted by Crippen LogP contribution is 2.23. The van der Waals surface area contributed by atoms with Crippen molar-refractivity contribution < 1.29 is 15.3 Å². The van der Waals surface area contributed by atoms with Gasteiger partial charge in [0.25, 0.3) is 0 Å². The van der Waals surface area contributed by atoms with Crippen LogP contribution in [0.1, 0.15) is 18.4 Å². The van der Waals surface area contributed by atoms with Crippen molar-refractivity contribution in [3.05, 3.63) is 58.9 Å². The van der Waals surface area contributed by atoms with Crippen LogP contribution in [0, 0.1) is 5.82 Å². The second-order valence-corrected chi connectivity index (χ2v) is 5.94. The van der Waals surface area contributed by atoms with Gasteiger partial charge in [-0.3, -0.25) is 0 Å². The zero-order chi connectivity index (χ0) is 16.9. The van der Waals surface area contributed by atoms with E-state index in [0.717, 1.165) is 37.2 Å². The summed E-state index contributed by atoms with van der Waals surface area (Å²) in [4.78, 5) is 0. The maximum Gasteiger partial charge on any atom is 0.166 e. The van der Waals surface area contributed by atoms with Crippen LogP contribution in [0.4, 0.5) is 4.39 Å². The Labute approximate surface area is 141 Å². The second kappa shape index (κ2) is 7.66. The summed E-state index contributed by atoms with van der Waals surface area (Å²) in [6.45, 7) is 1.70. The monoisotopic (exact) mass is 336 g/mol. The first kappa shape index (κ1) is 14.8. The van der Waals surface area contributed by atoms with Gasteiger partial charge in [0, 0.05) is 5.02 Å². The third kappa shape index (κ3) is 4.60. The molecule has 3 rings (SSSR count). The summed E-state index contributed by atoms with van der Waals surface area (Å²) in [6.07, 6.45) is 1.83. The van der Waals surface area contributed by atoms with Gasteiger partial charge < -0.3 is 14.8 Å². The summed E-state index contributed by atoms with van der Waals surface area (Å²) >= 11 is 5.73. The molecule has 0 atom stereocenters. The van der Waals surface area contributed by atoms with Gasteiger partial charge in [-0.15, -0.1) is 0 Å². The molecule has 0 radical (unpaired) electrons. The third-order valence-corrected chi connectivity index (χ3v) is 3.94. The molecule has 0 bridgehead atoms. The highest BCUT2D eigenvalue weighted by molar-refractivity contribution is 6.30. The first-order chi connectivity index (χ1) is 11.6. The van der Waals surface area contributed by atoms with Crippen molar-refractivity contribution in [2.45, 2.75) is 25.6 Å². The lowest BCUT2D eigenvalue weighted by Gasteiger charge is -2.24. The lowest BCUT2D eigenvalue weighted by atomic mass is 10.1. The van der Waals surface area contributed by atoms with E-state index in [4.69, 9.17) is 22.5 Å². The fourth-order valence-corrected chi connectivity index (χ4v) is 2.66. The third-order valence-electron chi connectivity index (χ3n) is 3.71. The Morgan fingerprint density at radius 1 is 1.22 bits per heavy atom. The van der Waals surface area contributed by atoms with E-state index in [0.29, 0.717) is 5.02 Å². The molecule has 2 aromatic rings. The van der Waals surface area contributed by atoms with Crippen LogP contribution in [0.25, 0.3) is 0 Å². The maximum absolute atomic E-state index is 13.7. The average Bonchev–Trinajstić information content (AvgIpc) is 2.57. The number of ether oxygens (including phenoxy) is 2. The predicted molar refractivity (Wildman–Crippen MR) is 88.7 cm³/mol. The minimum atomic E-state index is -0.475. The Bertz CT molecular complexity index is 692. The van der Waals surface area contributed by atoms with E-state index >= 15 is 0 Å². The second-order valence-electron chi connectivity index (χ2n) is 5.50. The fraction of sp³-hybridized carbons (Fsp3) is 0.333. The van der Waals surface area contributed by atoms with Crippen molar-refractivity contribution in [2.75, 3.05) is 13.1 Å². The van der Waals surface area contributed by atoms with E-state index in [1.165, 1.54) is 12.1 Å². The normalized spacial score (nSPS) is 16.9. The molecular formula is C18H19ClFNO2. The van der Waals surface area contributed by atoms with Gasteiger partial charge in [-0.2, -0.15) is 0 Å². The smallest absolute Gasteiger partial charge is 0.166 e. The Hall–Kier alpha value is -1.78. The summed E-state index contributed by atoms with van der Waals surface area (Å²) in [6, 6.07) is 12.0. The minimum absolute atomic E-state index is 0.136. The average molecular weight is 337 g/mol. The van der Waals surface area contributed by atoms with E-state index in [2.05, 4.69) is 0 Å². The first-order valence-electron chi connectivity index (χ1n) is 8.12. The lowest BCUT2D eigenvalue weighted by molar-refractivity contribution is 0.162. The number of rotatable bonds is 5. The fourth-order valence-electron chi connectivity index (χ4n) is 2.50. The molecule has 0 aromatic heterocycles. The molecule has 3 nitrogen and oxygen atoms in total. The van der Waals surface area contributed by atoms with Crippen LogP contribution < -0.4 is 14.8 Å². The van der Waals surface area contributed by atoms with Gasteiger partial charge in [0.05, 0.1) is 0 Å². The Morgan fingerprint density at radius 2 is 2.04 bits per heavy atom. The molecule has 1 heterocycles. The Kier molecular flexibility index (Phi) is 4.93. The number of hydrogen-bond acceptors (Lipinski definition) is 3. The van der Waals surface area contributed by atoms with Gasteiger partial charge in [0.2, 0.25) is 0 Å². The van der Waals surface area contributed by atoms with Crippen LogP contribution in [0.3, 0.4) is 0 Å². The number of hydrogen-bond donors (Lipinski definition) is 1. The number of benzene rings is 2. The van der Waals surface area contributed by atoms with Gasteiger partial charge in [-0.1, -0.05) is 23.7 Å². The van der Waals surface area contributed by atoms with Crippen LogP contribution in [0.2, 0.25) is 6.43 Å². The van der Waals surface area contributed by atoms with Gasteiger partial charge in [-0.25, -0.2) is 4.39 Å². The summed E-state index contributed by atoms with van der Waals surface area (Å²) in [5, 5.41) is 1.90. The van der Waals surface area contributed by atoms with Gasteiger partial charge in [0.15, 0.2) is 11.6 Å². The topological polar surface area (TPSA) is 30.5 Å². The standard InChI is InChI=1S/C18H19ClFNO2/c19-14-4-5-18(17(20)11-14)22-12-13-2-1-3-16(10-13)23-15-6-8-21-9-7-15/h1-5,10-11,15,21H,6-9,12H2/i/hD. The highest BCUT2D eigenvalue weighted by Gasteiger charge is 2.14. The van der Waals surface area contributed by atoms with E-state index in [-0.39, 0.29) is 18.5 Å². The van der Waals surface area contributed by atoms with Crippen molar-refractivity contribution >= 4 is 11.6 Å². The van der Waals surface area contributed by atoms with Crippen molar-refractivity contribution in [1.82, 2.24) is 5.31 Å². The predicted octanol–water partition coefficient (Wildman–Crippen LogP) is 4.19. The molecule has 1 N–H and O–H groups in total. The van der Waals surface area contributed by atoms with Crippen LogP contribution in [0.15, 0.2) is 42.5 Å². The molecule has 0 spiro atoms. The Balaban J connectivity index is 1.58. The number of nitrogens with one attached hydrogen (secondary N) is 1. The first-order valence-corrected chi connectivity index (χ1v) is 8.05. The molecule has 0 saturated carbocycles. The molecule has 1 aliphatic rings. The molecule has 0 unspecified atom stereocenters. The van der Waals surface area contributed by atoms with Crippen LogP contribution in [-0.2, 0) is 6.61 Å². The summed E-state index contributed by atoms with van der Waals surface area (Å²) in [5.74, 6) is 0.474. The van der Waals surface area contributed by atoms with Crippen LogP contribution >= 0.6 is 11.6 Å². The van der Waals surface area contributed by atoms with Crippen molar-refractivity contribution in [3.63, 3.8) is 0 Å². The number of piperidine rings is 1. The van der Waals surface area contributed by atoms with Crippen LogP contribution in [-0.4, -0.2) is 19.2 Å². The molecule has 1 aliphatic heterocycles. The molecule has 0 amide bonds. The van der Waals surface area contributed by atoms with Gasteiger partial charge in [0.1, 0.15) is 19.9 Å². The van der Waals surface area contributed by atoms with E-state index < -0.39 is 5.82 Å². The summed E-state index contributed by atoms with van der Waals surface area (Å²) in [7, 11) is 0. The van der Waals surface area contributed by atoms with Crippen LogP contribution in [0.5, 0.6) is 11.5 Å². The molecule has 0 aliphatic carbocycles. The van der Waals surface area contributed by atoms with Gasteiger partial charge in [-0.05, 0) is 61.8 Å². The largest absolute Gasteiger partial charge is 0.490 e. The SMILES string of the molecule is [2H]N1CCC(Oc2cccc(COc3ccc(Cl)cc3F)c2)CC1. The molecular weight excluding hydrogens is 317 g/mol. The van der Waals surface area contributed by atoms with E-state index in [9.17, 15) is 4.39 Å². The molecule has 1 saturated heterocycles. The molecule has 1 fully saturated rings. The van der Waals surface area contributed by atoms with E-state index in [1.807, 2.05) is 24.3 Å². The summed E-state index contributed by atoms with van der Waals surface area (Å²) in [5.41, 5.74) is 0.903. The van der Waals surface area contributed by atoms with Crippen molar-refractivity contribution in [3.8, 4) is 11.5 Å². The van der Waals surface area contributed by atoms with Gasteiger partial charge >= 0.3 is 0 Å². The van der Waals surface area contributed by atoms with Crippen molar-refractivity contribution in [1.29, 1.82) is 0 Å². The number of halogens is 2. The maximum atomic E-state index is 13.7. The minimum Gasteiger partial charge on any atom is -0.490 e. The highest BCUT2D eigenvalue weighted by atomic mass is 35.5. The summed E-state index contributed by atoms with van der Waals surface area (Å²) < 4.78 is 32.8. The Morgan fingerprint density at radius 3 is 2.83 bits per heavy atom. The lowest BCUT2D eigenvalue weighted by Crippen LogP contribution is -2.34. The molecule has 122 valence electrons. The molecule has 23 heavy (non-hydrogen) atoms. The zero-order valence-electron chi connectivity index (χ0n) is 13.7. The quantitative estimate of drug-likeness (QED) is 0.888. The van der Waals surface area contributed by atoms with Crippen molar-refractivity contribution in [2.24, 2.45) is 0 Å². The molecule has 2 aromatic carbocycles. The van der Waals surface area contributed by atoms with E-state index in [1.54, 1.807) is 11.4 Å².